The molecule has 0 unspecified atom stereocenters. The maximum atomic E-state index is 5.79. The Labute approximate surface area is 137 Å². The first-order valence-electron chi connectivity index (χ1n) is 8.59. The molecule has 0 aliphatic carbocycles. The van der Waals surface area contributed by atoms with E-state index < -0.39 is 8.60 Å². The van der Waals surface area contributed by atoms with Crippen molar-refractivity contribution in [2.45, 2.75) is 58.8 Å². The van der Waals surface area contributed by atoms with Crippen LogP contribution in [0.2, 0.25) is 0 Å². The van der Waals surface area contributed by atoms with Crippen LogP contribution in [0.5, 0.6) is 0 Å². The summed E-state index contributed by atoms with van der Waals surface area (Å²) in [7, 11) is -1.15. The quantitative estimate of drug-likeness (QED) is 0.315. The number of benzene rings is 1. The van der Waals surface area contributed by atoms with Gasteiger partial charge in [-0.05, 0) is 37.7 Å². The van der Waals surface area contributed by atoms with Crippen molar-refractivity contribution in [1.82, 2.24) is 0 Å². The van der Waals surface area contributed by atoms with E-state index in [-0.39, 0.29) is 0 Å². The topological polar surface area (TPSA) is 27.7 Å². The van der Waals surface area contributed by atoms with Gasteiger partial charge in [-0.1, -0.05) is 57.0 Å². The van der Waals surface area contributed by atoms with Crippen molar-refractivity contribution in [3.63, 3.8) is 0 Å². The van der Waals surface area contributed by atoms with E-state index in [0.717, 1.165) is 64.8 Å². The molecular weight excluding hydrogens is 295 g/mol. The number of aryl methyl sites for hydroxylation is 1. The third-order valence-electron chi connectivity index (χ3n) is 3.29. The summed E-state index contributed by atoms with van der Waals surface area (Å²) in [6.07, 6.45) is 7.68. The summed E-state index contributed by atoms with van der Waals surface area (Å²) in [4.78, 5) is 0. The van der Waals surface area contributed by atoms with Crippen LogP contribution in [-0.2, 0) is 20.0 Å². The highest BCUT2D eigenvalue weighted by molar-refractivity contribution is 7.41. The summed E-state index contributed by atoms with van der Waals surface area (Å²) in [5.41, 5.74) is 1.39. The molecular formula is C18H31O3P. The first-order valence-corrected chi connectivity index (χ1v) is 9.69. The fourth-order valence-corrected chi connectivity index (χ4v) is 2.95. The lowest BCUT2D eigenvalue weighted by Gasteiger charge is -2.16. The highest BCUT2D eigenvalue weighted by Crippen LogP contribution is 2.40. The van der Waals surface area contributed by atoms with E-state index in [2.05, 4.69) is 44.2 Å². The molecule has 4 heteroatoms. The number of hydrogen-bond acceptors (Lipinski definition) is 3. The van der Waals surface area contributed by atoms with Crippen molar-refractivity contribution >= 4 is 8.60 Å². The van der Waals surface area contributed by atoms with Gasteiger partial charge in [-0.25, -0.2) is 0 Å². The predicted molar refractivity (Wildman–Crippen MR) is 94.0 cm³/mol. The Kier molecular flexibility index (Phi) is 12.6. The maximum Gasteiger partial charge on any atom is 0.332 e. The summed E-state index contributed by atoms with van der Waals surface area (Å²) in [5.74, 6) is 0. The number of hydrogen-bond donors (Lipinski definition) is 0. The monoisotopic (exact) mass is 326 g/mol. The molecule has 0 fully saturated rings. The summed E-state index contributed by atoms with van der Waals surface area (Å²) in [6, 6.07) is 10.6. The summed E-state index contributed by atoms with van der Waals surface area (Å²) >= 11 is 0. The summed E-state index contributed by atoms with van der Waals surface area (Å²) in [5, 5.41) is 0. The lowest BCUT2D eigenvalue weighted by Crippen LogP contribution is -2.00. The molecule has 0 aliphatic heterocycles. The zero-order valence-corrected chi connectivity index (χ0v) is 15.0. The minimum Gasteiger partial charge on any atom is -0.312 e. The predicted octanol–water partition coefficient (Wildman–Crippen LogP) is 5.89. The lowest BCUT2D eigenvalue weighted by atomic mass is 10.1. The van der Waals surface area contributed by atoms with Gasteiger partial charge < -0.3 is 13.6 Å². The van der Waals surface area contributed by atoms with Crippen molar-refractivity contribution in [2.75, 3.05) is 19.8 Å². The van der Waals surface area contributed by atoms with Gasteiger partial charge in [-0.15, -0.1) is 0 Å². The van der Waals surface area contributed by atoms with Crippen molar-refractivity contribution in [3.8, 4) is 0 Å². The molecule has 0 saturated heterocycles. The van der Waals surface area contributed by atoms with Crippen LogP contribution in [0.25, 0.3) is 0 Å². The maximum absolute atomic E-state index is 5.79. The molecule has 126 valence electrons. The van der Waals surface area contributed by atoms with Crippen LogP contribution >= 0.6 is 8.60 Å². The second-order valence-corrected chi connectivity index (χ2v) is 6.59. The first-order chi connectivity index (χ1) is 10.9. The molecule has 0 aliphatic rings. The van der Waals surface area contributed by atoms with Gasteiger partial charge >= 0.3 is 8.60 Å². The molecule has 0 atom stereocenters. The Morgan fingerprint density at radius 2 is 1.27 bits per heavy atom. The van der Waals surface area contributed by atoms with Gasteiger partial charge in [-0.2, -0.15) is 0 Å². The Bertz CT molecular complexity index is 335. The van der Waals surface area contributed by atoms with Gasteiger partial charge in [0.2, 0.25) is 0 Å². The standard InChI is InChI=1S/C18H31O3P/c1-3-5-15-19-22(20-16-6-4-2)21-17-11-10-14-18-12-8-7-9-13-18/h7-9,12-13H,3-6,10-11,14-17H2,1-2H3. The summed E-state index contributed by atoms with van der Waals surface area (Å²) in [6.45, 7) is 6.51. The highest BCUT2D eigenvalue weighted by atomic mass is 31.2. The Balaban J connectivity index is 2.12. The van der Waals surface area contributed by atoms with E-state index in [1.807, 2.05) is 0 Å². The molecule has 1 aromatic rings. The Morgan fingerprint density at radius 3 is 1.82 bits per heavy atom. The fraction of sp³-hybridized carbons (Fsp3) is 0.667. The smallest absolute Gasteiger partial charge is 0.312 e. The third kappa shape index (κ3) is 10.3. The van der Waals surface area contributed by atoms with Crippen LogP contribution in [0.4, 0.5) is 0 Å². The van der Waals surface area contributed by atoms with Crippen LogP contribution in [0.3, 0.4) is 0 Å². The van der Waals surface area contributed by atoms with Crippen LogP contribution in [0.15, 0.2) is 30.3 Å². The van der Waals surface area contributed by atoms with E-state index in [4.69, 9.17) is 13.6 Å². The van der Waals surface area contributed by atoms with Crippen molar-refractivity contribution in [2.24, 2.45) is 0 Å². The molecule has 0 amide bonds. The number of unbranched alkanes of at least 4 members (excludes halogenated alkanes) is 3. The van der Waals surface area contributed by atoms with Gasteiger partial charge in [0.25, 0.3) is 0 Å². The molecule has 1 rings (SSSR count). The molecule has 22 heavy (non-hydrogen) atoms. The minimum absolute atomic E-state index is 0.719. The van der Waals surface area contributed by atoms with Crippen LogP contribution in [-0.4, -0.2) is 19.8 Å². The van der Waals surface area contributed by atoms with Gasteiger partial charge in [-0.3, -0.25) is 0 Å². The van der Waals surface area contributed by atoms with Crippen LogP contribution in [0, 0.1) is 0 Å². The van der Waals surface area contributed by atoms with Gasteiger partial charge in [0.15, 0.2) is 0 Å². The Hall–Kier alpha value is -0.470. The van der Waals surface area contributed by atoms with Crippen molar-refractivity contribution in [3.05, 3.63) is 35.9 Å². The fourth-order valence-electron chi connectivity index (χ4n) is 1.89. The molecule has 0 aromatic heterocycles. The molecule has 0 spiro atoms. The SMILES string of the molecule is CCCCOP(OCCCC)OCCCCc1ccccc1. The van der Waals surface area contributed by atoms with E-state index in [0.29, 0.717) is 0 Å². The molecule has 0 heterocycles. The minimum atomic E-state index is -1.15. The average Bonchev–Trinajstić information content (AvgIpc) is 2.55. The van der Waals surface area contributed by atoms with Gasteiger partial charge in [0.1, 0.15) is 0 Å². The Morgan fingerprint density at radius 1 is 0.727 bits per heavy atom. The highest BCUT2D eigenvalue weighted by Gasteiger charge is 2.11. The first kappa shape index (κ1) is 19.6. The zero-order chi connectivity index (χ0) is 15.9. The zero-order valence-electron chi connectivity index (χ0n) is 14.1. The van der Waals surface area contributed by atoms with Crippen LogP contribution in [0.1, 0.15) is 57.9 Å². The van der Waals surface area contributed by atoms with E-state index >= 15 is 0 Å². The second kappa shape index (κ2) is 14.1. The van der Waals surface area contributed by atoms with Crippen LogP contribution < -0.4 is 0 Å². The van der Waals surface area contributed by atoms with Gasteiger partial charge in [0, 0.05) is 0 Å². The van der Waals surface area contributed by atoms with Crippen molar-refractivity contribution in [1.29, 1.82) is 0 Å². The molecule has 0 bridgehead atoms. The molecule has 0 saturated carbocycles. The lowest BCUT2D eigenvalue weighted by molar-refractivity contribution is 0.155. The second-order valence-electron chi connectivity index (χ2n) is 5.37. The largest absolute Gasteiger partial charge is 0.332 e. The summed E-state index contributed by atoms with van der Waals surface area (Å²) < 4.78 is 17.2. The van der Waals surface area contributed by atoms with Crippen molar-refractivity contribution < 1.29 is 13.6 Å². The normalized spacial score (nSPS) is 11.2. The van der Waals surface area contributed by atoms with E-state index in [1.165, 1.54) is 5.56 Å². The van der Waals surface area contributed by atoms with E-state index in [9.17, 15) is 0 Å². The van der Waals surface area contributed by atoms with E-state index in [1.54, 1.807) is 0 Å². The molecule has 3 nitrogen and oxygen atoms in total. The molecule has 0 radical (unpaired) electrons. The number of rotatable bonds is 14. The third-order valence-corrected chi connectivity index (χ3v) is 4.47. The average molecular weight is 326 g/mol. The molecule has 0 N–H and O–H groups in total. The molecule has 1 aromatic carbocycles. The van der Waals surface area contributed by atoms with Gasteiger partial charge in [0.05, 0.1) is 19.8 Å².